The van der Waals surface area contributed by atoms with Crippen LogP contribution in [-0.4, -0.2) is 10.2 Å². The Kier molecular flexibility index (Phi) is 8.00. The third kappa shape index (κ3) is 6.54. The molecule has 84 valence electrons. The van der Waals surface area contributed by atoms with Crippen LogP contribution in [0.2, 0.25) is 0 Å². The largest absolute Gasteiger partial charge is 1.00 e. The molecule has 0 heterocycles. The number of hydrogen-bond donors (Lipinski definition) is 2. The van der Waals surface area contributed by atoms with Crippen molar-refractivity contribution in [2.75, 3.05) is 0 Å². The number of aromatic hydroxyl groups is 2. The van der Waals surface area contributed by atoms with Gasteiger partial charge >= 0.3 is 29.6 Å². The smallest absolute Gasteiger partial charge is 0.776 e. The third-order valence-corrected chi connectivity index (χ3v) is 2.22. The summed E-state index contributed by atoms with van der Waals surface area (Å²) in [5.41, 5.74) is 1.03. The molecule has 0 saturated heterocycles. The Hall–Kier alpha value is -0.740. The van der Waals surface area contributed by atoms with E-state index < -0.39 is 0 Å². The normalized spacial score (nSPS) is 8.53. The summed E-state index contributed by atoms with van der Waals surface area (Å²) in [5, 5.41) is 17.6. The Morgan fingerprint density at radius 2 is 1.53 bits per heavy atom. The Morgan fingerprint density at radius 1 is 0.941 bits per heavy atom. The maximum atomic E-state index is 9.00. The van der Waals surface area contributed by atoms with E-state index in [0.29, 0.717) is 10.6 Å². The maximum absolute atomic E-state index is 9.00. The fraction of sp³-hybridized carbons (Fsp3) is 0.0769. The minimum Gasteiger partial charge on any atom is -0.776 e. The summed E-state index contributed by atoms with van der Waals surface area (Å²) in [6, 6.07) is 14.0. The maximum Gasteiger partial charge on any atom is 1.00 e. The molecule has 2 rings (SSSR count). The molecular formula is C13H13NaO2S. The van der Waals surface area contributed by atoms with E-state index in [2.05, 4.69) is 0 Å². The van der Waals surface area contributed by atoms with Crippen LogP contribution in [0.15, 0.2) is 53.4 Å². The first-order chi connectivity index (χ1) is 7.59. The average Bonchev–Trinajstić information content (AvgIpc) is 2.26. The summed E-state index contributed by atoms with van der Waals surface area (Å²) in [6.45, 7) is 1.91. The van der Waals surface area contributed by atoms with E-state index in [9.17, 15) is 0 Å². The van der Waals surface area contributed by atoms with Crippen LogP contribution in [0.5, 0.6) is 11.5 Å². The SMILES string of the molecule is Cc1ccc([S-])c(O)c1.Oc1ccccc1.[Na+]. The number of hydrogen-bond acceptors (Lipinski definition) is 3. The van der Waals surface area contributed by atoms with Crippen molar-refractivity contribution in [2.45, 2.75) is 11.8 Å². The van der Waals surface area contributed by atoms with E-state index in [1.54, 1.807) is 36.4 Å². The second-order valence-electron chi connectivity index (χ2n) is 3.31. The van der Waals surface area contributed by atoms with Crippen LogP contribution in [0, 0.1) is 6.92 Å². The van der Waals surface area contributed by atoms with Crippen LogP contribution in [0.25, 0.3) is 0 Å². The van der Waals surface area contributed by atoms with Gasteiger partial charge in [0.25, 0.3) is 0 Å². The molecule has 0 spiro atoms. The Balaban J connectivity index is 0.000000292. The van der Waals surface area contributed by atoms with Crippen LogP contribution < -0.4 is 29.6 Å². The van der Waals surface area contributed by atoms with Crippen molar-refractivity contribution in [1.29, 1.82) is 0 Å². The molecular weight excluding hydrogens is 243 g/mol. The van der Waals surface area contributed by atoms with Gasteiger partial charge in [0.1, 0.15) is 5.75 Å². The van der Waals surface area contributed by atoms with E-state index in [1.165, 1.54) is 0 Å². The zero-order chi connectivity index (χ0) is 12.0. The number of phenols is 2. The summed E-state index contributed by atoms with van der Waals surface area (Å²) in [5.74, 6) is 0.521. The Bertz CT molecular complexity index is 446. The fourth-order valence-corrected chi connectivity index (χ4v) is 1.18. The van der Waals surface area contributed by atoms with Crippen LogP contribution in [0.3, 0.4) is 0 Å². The van der Waals surface area contributed by atoms with Crippen LogP contribution in [-0.2, 0) is 12.6 Å². The van der Waals surface area contributed by atoms with Gasteiger partial charge in [-0.1, -0.05) is 30.3 Å². The van der Waals surface area contributed by atoms with Gasteiger partial charge in [-0.05, 0) is 30.7 Å². The number of aryl methyl sites for hydroxylation is 1. The van der Waals surface area contributed by atoms with Crippen LogP contribution >= 0.6 is 0 Å². The summed E-state index contributed by atoms with van der Waals surface area (Å²) < 4.78 is 0. The molecule has 0 aliphatic rings. The number of phenolic OH excluding ortho intramolecular Hbond substituents is 2. The second-order valence-corrected chi connectivity index (χ2v) is 3.75. The molecule has 2 nitrogen and oxygen atoms in total. The molecule has 0 aliphatic carbocycles. The van der Waals surface area contributed by atoms with E-state index in [1.807, 2.05) is 19.1 Å². The minimum absolute atomic E-state index is 0. The summed E-state index contributed by atoms with van der Waals surface area (Å²) in [7, 11) is 0. The minimum atomic E-state index is 0. The summed E-state index contributed by atoms with van der Waals surface area (Å²) >= 11 is 4.76. The first kappa shape index (κ1) is 16.3. The quantitative estimate of drug-likeness (QED) is 0.515. The summed E-state index contributed by atoms with van der Waals surface area (Å²) in [6.07, 6.45) is 0. The first-order valence-electron chi connectivity index (χ1n) is 4.80. The van der Waals surface area contributed by atoms with Gasteiger partial charge in [0.15, 0.2) is 0 Å². The fourth-order valence-electron chi connectivity index (χ4n) is 1.06. The van der Waals surface area contributed by atoms with Gasteiger partial charge in [0.05, 0.1) is 5.75 Å². The van der Waals surface area contributed by atoms with Gasteiger partial charge in [-0.2, -0.15) is 0 Å². The molecule has 4 heteroatoms. The molecule has 0 saturated carbocycles. The number of benzene rings is 2. The van der Waals surface area contributed by atoms with Gasteiger partial charge in [-0.3, -0.25) is 0 Å². The molecule has 2 aromatic rings. The van der Waals surface area contributed by atoms with E-state index >= 15 is 0 Å². The van der Waals surface area contributed by atoms with Gasteiger partial charge in [-0.25, -0.2) is 0 Å². The molecule has 0 amide bonds. The predicted octanol–water partition coefficient (Wildman–Crippen LogP) is 0.00262. The van der Waals surface area contributed by atoms with Crippen molar-refractivity contribution >= 4 is 12.6 Å². The van der Waals surface area contributed by atoms with Crippen LogP contribution in [0.1, 0.15) is 5.56 Å². The topological polar surface area (TPSA) is 40.5 Å². The molecule has 0 unspecified atom stereocenters. The van der Waals surface area contributed by atoms with E-state index in [0.717, 1.165) is 5.56 Å². The molecule has 0 fully saturated rings. The second kappa shape index (κ2) is 8.37. The van der Waals surface area contributed by atoms with Crippen LogP contribution in [0.4, 0.5) is 0 Å². The van der Waals surface area contributed by atoms with Crippen molar-refractivity contribution in [3.05, 3.63) is 54.1 Å². The monoisotopic (exact) mass is 256 g/mol. The molecule has 0 aliphatic heterocycles. The van der Waals surface area contributed by atoms with Crippen molar-refractivity contribution < 1.29 is 39.8 Å². The average molecular weight is 256 g/mol. The Labute approximate surface area is 129 Å². The van der Waals surface area contributed by atoms with Crippen molar-refractivity contribution in [3.63, 3.8) is 0 Å². The number of para-hydroxylation sites is 1. The molecule has 0 atom stereocenters. The molecule has 2 N–H and O–H groups in total. The predicted molar refractivity (Wildman–Crippen MR) is 66.6 cm³/mol. The summed E-state index contributed by atoms with van der Waals surface area (Å²) in [4.78, 5) is 0.514. The molecule has 0 aromatic heterocycles. The third-order valence-electron chi connectivity index (χ3n) is 1.87. The van der Waals surface area contributed by atoms with Crippen molar-refractivity contribution in [3.8, 4) is 11.5 Å². The van der Waals surface area contributed by atoms with Gasteiger partial charge in [-0.15, -0.1) is 4.90 Å². The standard InChI is InChI=1S/C7H8OS.C6H6O.Na/c1-5-2-3-7(9)6(8)4-5;7-6-4-2-1-3-5-6;/h2-4,8-9H,1H3;1-5,7H;/q;;+1/p-1. The van der Waals surface area contributed by atoms with Gasteiger partial charge < -0.3 is 22.8 Å². The van der Waals surface area contributed by atoms with E-state index in [4.69, 9.17) is 22.8 Å². The molecule has 17 heavy (non-hydrogen) atoms. The molecule has 2 aromatic carbocycles. The zero-order valence-electron chi connectivity index (χ0n) is 9.92. The van der Waals surface area contributed by atoms with Crippen molar-refractivity contribution in [1.82, 2.24) is 0 Å². The van der Waals surface area contributed by atoms with Crippen molar-refractivity contribution in [2.24, 2.45) is 0 Å². The Morgan fingerprint density at radius 3 is 1.88 bits per heavy atom. The molecule has 0 radical (unpaired) electrons. The van der Waals surface area contributed by atoms with Gasteiger partial charge in [0, 0.05) is 0 Å². The van der Waals surface area contributed by atoms with Gasteiger partial charge in [0.2, 0.25) is 0 Å². The van der Waals surface area contributed by atoms with E-state index in [-0.39, 0.29) is 35.3 Å². The zero-order valence-corrected chi connectivity index (χ0v) is 12.7. The molecule has 0 bridgehead atoms. The number of rotatable bonds is 0. The first-order valence-corrected chi connectivity index (χ1v) is 5.21.